The van der Waals surface area contributed by atoms with E-state index in [0.717, 1.165) is 11.3 Å². The van der Waals surface area contributed by atoms with E-state index in [1.165, 1.54) is 18.0 Å². The maximum Gasteiger partial charge on any atom is 0.297 e. The topological polar surface area (TPSA) is 99.2 Å². The average Bonchev–Trinajstić information content (AvgIpc) is 3.04. The van der Waals surface area contributed by atoms with Crippen LogP contribution < -0.4 is 15.6 Å². The van der Waals surface area contributed by atoms with Crippen LogP contribution in [0, 0.1) is 13.8 Å². The number of nitrogens with zero attached hydrogens (tertiary/aromatic N) is 3. The second-order valence-corrected chi connectivity index (χ2v) is 6.47. The Hall–Kier alpha value is -3.68. The normalized spacial score (nSPS) is 11.1. The molecule has 0 fully saturated rings. The Morgan fingerprint density at radius 2 is 2.07 bits per heavy atom. The van der Waals surface area contributed by atoms with E-state index in [-0.39, 0.29) is 18.0 Å². The van der Waals surface area contributed by atoms with Crippen molar-refractivity contribution in [3.63, 3.8) is 0 Å². The van der Waals surface area contributed by atoms with Gasteiger partial charge in [0.15, 0.2) is 0 Å². The highest BCUT2D eigenvalue weighted by Crippen LogP contribution is 2.27. The number of benzene rings is 1. The van der Waals surface area contributed by atoms with Crippen molar-refractivity contribution < 1.29 is 13.9 Å². The predicted molar refractivity (Wildman–Crippen MR) is 105 cm³/mol. The minimum Gasteiger partial charge on any atom is -0.495 e. The molecule has 0 bridgehead atoms. The van der Waals surface area contributed by atoms with Crippen molar-refractivity contribution in [2.45, 2.75) is 20.4 Å². The summed E-state index contributed by atoms with van der Waals surface area (Å²) in [7, 11) is 1.52. The Kier molecular flexibility index (Phi) is 4.31. The summed E-state index contributed by atoms with van der Waals surface area (Å²) in [5.74, 6) is 0.153. The first-order valence-corrected chi connectivity index (χ1v) is 8.66. The number of carbonyl (C=O) groups is 1. The summed E-state index contributed by atoms with van der Waals surface area (Å²) in [4.78, 5) is 33.9. The molecule has 1 N–H and O–H groups in total. The lowest BCUT2D eigenvalue weighted by atomic mass is 10.1. The fraction of sp³-hybridized carbons (Fsp3) is 0.200. The lowest BCUT2D eigenvalue weighted by Gasteiger charge is -2.10. The summed E-state index contributed by atoms with van der Waals surface area (Å²) in [6.45, 7) is 3.57. The van der Waals surface area contributed by atoms with Gasteiger partial charge < -0.3 is 14.5 Å². The summed E-state index contributed by atoms with van der Waals surface area (Å²) in [6.07, 6.45) is 1.35. The molecule has 0 unspecified atom stereocenters. The molecule has 0 spiro atoms. The Labute approximate surface area is 159 Å². The molecule has 0 radical (unpaired) electrons. The number of fused-ring (bicyclic) bond motifs is 3. The molecule has 4 aromatic rings. The molecule has 3 aromatic heterocycles. The third-order valence-electron chi connectivity index (χ3n) is 4.44. The van der Waals surface area contributed by atoms with Gasteiger partial charge in [0.05, 0.1) is 24.5 Å². The molecule has 0 aliphatic carbocycles. The largest absolute Gasteiger partial charge is 0.495 e. The van der Waals surface area contributed by atoms with Gasteiger partial charge in [-0.15, -0.1) is 0 Å². The second-order valence-electron chi connectivity index (χ2n) is 6.47. The number of nitrogens with one attached hydrogen (secondary N) is 1. The fourth-order valence-corrected chi connectivity index (χ4v) is 3.21. The molecular formula is C20H18N4O4. The summed E-state index contributed by atoms with van der Waals surface area (Å²) in [5, 5.41) is 3.45. The van der Waals surface area contributed by atoms with E-state index in [4.69, 9.17) is 9.15 Å². The van der Waals surface area contributed by atoms with Gasteiger partial charge >= 0.3 is 0 Å². The summed E-state index contributed by atoms with van der Waals surface area (Å²) >= 11 is 0. The van der Waals surface area contributed by atoms with Gasteiger partial charge in [0.1, 0.15) is 17.8 Å². The molecule has 0 saturated carbocycles. The van der Waals surface area contributed by atoms with Gasteiger partial charge in [0.2, 0.25) is 17.2 Å². The van der Waals surface area contributed by atoms with E-state index in [0.29, 0.717) is 28.1 Å². The number of hydrogen-bond acceptors (Lipinski definition) is 6. The number of hydrogen-bond donors (Lipinski definition) is 1. The highest BCUT2D eigenvalue weighted by atomic mass is 16.5. The quantitative estimate of drug-likeness (QED) is 0.586. The standard InChI is InChI=1S/C20H18N4O4/c1-11-8-12(2)22-19-16(11)17-18(28-19)20(26)24(10-21-17)9-15(25)23-13-6-4-5-7-14(13)27-3/h4-8,10H,9H2,1-3H3,(H,23,25). The van der Waals surface area contributed by atoms with Gasteiger partial charge in [-0.05, 0) is 37.6 Å². The van der Waals surface area contributed by atoms with Crippen LogP contribution in [0.25, 0.3) is 22.2 Å². The first kappa shape index (κ1) is 17.7. The first-order valence-electron chi connectivity index (χ1n) is 8.66. The van der Waals surface area contributed by atoms with Crippen molar-refractivity contribution in [3.8, 4) is 5.75 Å². The van der Waals surface area contributed by atoms with Crippen LogP contribution >= 0.6 is 0 Å². The van der Waals surface area contributed by atoms with Crippen molar-refractivity contribution in [2.75, 3.05) is 12.4 Å². The average molecular weight is 378 g/mol. The Bertz CT molecular complexity index is 1270. The van der Waals surface area contributed by atoms with Crippen LogP contribution in [0.1, 0.15) is 11.3 Å². The van der Waals surface area contributed by atoms with Gasteiger partial charge in [-0.3, -0.25) is 14.2 Å². The number of aryl methyl sites for hydroxylation is 2. The number of carbonyl (C=O) groups excluding carboxylic acids is 1. The number of rotatable bonds is 4. The number of para-hydroxylation sites is 2. The lowest BCUT2D eigenvalue weighted by Crippen LogP contribution is -2.27. The van der Waals surface area contributed by atoms with Gasteiger partial charge in [0, 0.05) is 5.69 Å². The molecule has 1 amide bonds. The number of furan rings is 1. The molecule has 3 heterocycles. The molecule has 0 aliphatic rings. The van der Waals surface area contributed by atoms with Crippen molar-refractivity contribution in [1.29, 1.82) is 0 Å². The van der Waals surface area contributed by atoms with E-state index in [1.54, 1.807) is 24.3 Å². The van der Waals surface area contributed by atoms with Crippen molar-refractivity contribution in [1.82, 2.24) is 14.5 Å². The van der Waals surface area contributed by atoms with E-state index >= 15 is 0 Å². The molecule has 8 heteroatoms. The predicted octanol–water partition coefficient (Wildman–Crippen LogP) is 2.80. The monoisotopic (exact) mass is 378 g/mol. The van der Waals surface area contributed by atoms with Gasteiger partial charge in [-0.2, -0.15) is 0 Å². The van der Waals surface area contributed by atoms with Crippen molar-refractivity contribution in [3.05, 3.63) is 58.3 Å². The molecule has 0 atom stereocenters. The number of methoxy groups -OCH3 is 1. The Balaban J connectivity index is 1.69. The fourth-order valence-electron chi connectivity index (χ4n) is 3.21. The highest BCUT2D eigenvalue weighted by Gasteiger charge is 2.18. The van der Waals surface area contributed by atoms with Crippen LogP contribution in [0.4, 0.5) is 5.69 Å². The number of ether oxygens (including phenoxy) is 1. The zero-order chi connectivity index (χ0) is 19.8. The first-order chi connectivity index (χ1) is 13.5. The zero-order valence-corrected chi connectivity index (χ0v) is 15.6. The molecule has 142 valence electrons. The number of amides is 1. The maximum atomic E-state index is 12.8. The van der Waals surface area contributed by atoms with Crippen LogP contribution in [0.5, 0.6) is 5.75 Å². The highest BCUT2D eigenvalue weighted by molar-refractivity contribution is 6.02. The molecule has 0 saturated heterocycles. The summed E-state index contributed by atoms with van der Waals surface area (Å²) < 4.78 is 12.1. The van der Waals surface area contributed by atoms with Crippen LogP contribution in [-0.2, 0) is 11.3 Å². The van der Waals surface area contributed by atoms with E-state index in [1.807, 2.05) is 19.9 Å². The minimum atomic E-state index is -0.435. The smallest absolute Gasteiger partial charge is 0.297 e. The zero-order valence-electron chi connectivity index (χ0n) is 15.6. The number of pyridine rings is 1. The van der Waals surface area contributed by atoms with E-state index in [2.05, 4.69) is 15.3 Å². The number of anilines is 1. The molecule has 28 heavy (non-hydrogen) atoms. The minimum absolute atomic E-state index is 0.0868. The van der Waals surface area contributed by atoms with Crippen molar-refractivity contribution >= 4 is 33.8 Å². The van der Waals surface area contributed by atoms with E-state index < -0.39 is 5.56 Å². The Morgan fingerprint density at radius 1 is 1.29 bits per heavy atom. The molecular weight excluding hydrogens is 360 g/mol. The molecule has 1 aromatic carbocycles. The van der Waals surface area contributed by atoms with Crippen LogP contribution in [-0.4, -0.2) is 27.6 Å². The maximum absolute atomic E-state index is 12.8. The molecule has 4 rings (SSSR count). The van der Waals surface area contributed by atoms with Gasteiger partial charge in [0.25, 0.3) is 5.56 Å². The van der Waals surface area contributed by atoms with Crippen molar-refractivity contribution in [2.24, 2.45) is 0 Å². The molecule has 0 aliphatic heterocycles. The lowest BCUT2D eigenvalue weighted by molar-refractivity contribution is -0.116. The third-order valence-corrected chi connectivity index (χ3v) is 4.44. The Morgan fingerprint density at radius 3 is 2.86 bits per heavy atom. The van der Waals surface area contributed by atoms with E-state index in [9.17, 15) is 9.59 Å². The van der Waals surface area contributed by atoms with Crippen LogP contribution in [0.2, 0.25) is 0 Å². The third kappa shape index (κ3) is 2.98. The van der Waals surface area contributed by atoms with Gasteiger partial charge in [-0.1, -0.05) is 12.1 Å². The van der Waals surface area contributed by atoms with Crippen LogP contribution in [0.15, 0.2) is 45.9 Å². The SMILES string of the molecule is COc1ccccc1NC(=O)Cn1cnc2c(oc3nc(C)cc(C)c32)c1=O. The number of aromatic nitrogens is 3. The second kappa shape index (κ2) is 6.80. The van der Waals surface area contributed by atoms with Crippen LogP contribution in [0.3, 0.4) is 0 Å². The van der Waals surface area contributed by atoms with Gasteiger partial charge in [-0.25, -0.2) is 9.97 Å². The summed E-state index contributed by atoms with van der Waals surface area (Å²) in [6, 6.07) is 8.95. The summed E-state index contributed by atoms with van der Waals surface area (Å²) in [5.41, 5.74) is 2.72. The molecule has 8 nitrogen and oxygen atoms in total.